The van der Waals surface area contributed by atoms with Gasteiger partial charge in [0.2, 0.25) is 17.7 Å². The number of benzene rings is 2. The number of hydrogen-bond donors (Lipinski definition) is 0. The summed E-state index contributed by atoms with van der Waals surface area (Å²) < 4.78 is 12.4. The van der Waals surface area contributed by atoms with Gasteiger partial charge >= 0.3 is 0 Å². The largest absolute Gasteiger partial charge is 0.496 e. The Balaban J connectivity index is 1.57. The molecule has 1 atom stereocenters. The lowest BCUT2D eigenvalue weighted by Crippen LogP contribution is -2.43. The molecular formula is C27H30N4O5. The van der Waals surface area contributed by atoms with E-state index in [1.807, 2.05) is 36.5 Å². The van der Waals surface area contributed by atoms with Crippen molar-refractivity contribution < 1.29 is 23.9 Å². The average Bonchev–Trinajstić information content (AvgIpc) is 3.51. The molecule has 9 nitrogen and oxygen atoms in total. The van der Waals surface area contributed by atoms with E-state index in [9.17, 15) is 14.4 Å². The van der Waals surface area contributed by atoms with Gasteiger partial charge in [0.05, 0.1) is 31.4 Å². The smallest absolute Gasteiger partial charge is 0.241 e. The molecule has 0 saturated carbocycles. The molecule has 2 aromatic carbocycles. The van der Waals surface area contributed by atoms with Crippen LogP contribution in [0.15, 0.2) is 67.0 Å². The molecule has 1 saturated heterocycles. The van der Waals surface area contributed by atoms with E-state index in [0.717, 1.165) is 11.3 Å². The Hall–Kier alpha value is -3.98. The Labute approximate surface area is 210 Å². The number of nitrogens with zero attached hydrogens (tertiary/aromatic N) is 4. The first kappa shape index (κ1) is 25.1. The lowest BCUT2D eigenvalue weighted by molar-refractivity contribution is -0.143. The number of para-hydroxylation sites is 1. The highest BCUT2D eigenvalue weighted by atomic mass is 16.5. The van der Waals surface area contributed by atoms with E-state index in [2.05, 4.69) is 5.10 Å². The molecule has 9 heteroatoms. The number of ether oxygens (including phenoxy) is 2. The molecule has 4 rings (SSSR count). The van der Waals surface area contributed by atoms with Crippen LogP contribution in [-0.4, -0.2) is 71.7 Å². The molecular weight excluding hydrogens is 460 g/mol. The van der Waals surface area contributed by atoms with Crippen molar-refractivity contribution in [2.75, 3.05) is 34.4 Å². The summed E-state index contributed by atoms with van der Waals surface area (Å²) in [6.07, 6.45) is 3.32. The molecule has 0 N–H and O–H groups in total. The third-order valence-corrected chi connectivity index (χ3v) is 6.55. The van der Waals surface area contributed by atoms with E-state index in [0.29, 0.717) is 17.9 Å². The molecule has 1 aromatic heterocycles. The Morgan fingerprint density at radius 2 is 1.83 bits per heavy atom. The van der Waals surface area contributed by atoms with Gasteiger partial charge in [-0.05, 0) is 29.8 Å². The van der Waals surface area contributed by atoms with E-state index >= 15 is 0 Å². The van der Waals surface area contributed by atoms with Crippen LogP contribution in [0.4, 0.5) is 0 Å². The predicted molar refractivity (Wildman–Crippen MR) is 133 cm³/mol. The van der Waals surface area contributed by atoms with E-state index < -0.39 is 11.3 Å². The van der Waals surface area contributed by atoms with E-state index in [-0.39, 0.29) is 37.8 Å². The quantitative estimate of drug-likeness (QED) is 0.406. The van der Waals surface area contributed by atoms with Gasteiger partial charge in [0, 0.05) is 51.5 Å². The Morgan fingerprint density at radius 3 is 2.50 bits per heavy atom. The Bertz CT molecular complexity index is 1230. The van der Waals surface area contributed by atoms with Crippen LogP contribution in [0.25, 0.3) is 5.69 Å². The van der Waals surface area contributed by atoms with Gasteiger partial charge in [-0.25, -0.2) is 4.68 Å². The summed E-state index contributed by atoms with van der Waals surface area (Å²) in [7, 11) is 4.72. The highest BCUT2D eigenvalue weighted by Gasteiger charge is 2.55. The Morgan fingerprint density at radius 1 is 1.08 bits per heavy atom. The predicted octanol–water partition coefficient (Wildman–Crippen LogP) is 2.57. The maximum atomic E-state index is 13.7. The average molecular weight is 491 g/mol. The van der Waals surface area contributed by atoms with Gasteiger partial charge in [-0.2, -0.15) is 5.10 Å². The molecule has 3 aromatic rings. The van der Waals surface area contributed by atoms with Crippen LogP contribution in [0, 0.1) is 0 Å². The van der Waals surface area contributed by atoms with Crippen LogP contribution < -0.4 is 4.74 Å². The van der Waals surface area contributed by atoms with Crippen LogP contribution in [-0.2, 0) is 31.1 Å². The molecule has 188 valence electrons. The van der Waals surface area contributed by atoms with Crippen LogP contribution in [0.1, 0.15) is 24.0 Å². The number of carbonyl (C=O) groups is 3. The number of amides is 3. The third-order valence-electron chi connectivity index (χ3n) is 6.55. The summed E-state index contributed by atoms with van der Waals surface area (Å²) >= 11 is 0. The monoisotopic (exact) mass is 490 g/mol. The molecule has 1 aliphatic heterocycles. The fourth-order valence-corrected chi connectivity index (χ4v) is 4.62. The van der Waals surface area contributed by atoms with Crippen molar-refractivity contribution in [3.63, 3.8) is 0 Å². The van der Waals surface area contributed by atoms with Crippen LogP contribution in [0.3, 0.4) is 0 Å². The van der Waals surface area contributed by atoms with E-state index in [1.54, 1.807) is 47.1 Å². The normalized spacial score (nSPS) is 17.5. The van der Waals surface area contributed by atoms with Crippen molar-refractivity contribution in [1.29, 1.82) is 0 Å². The van der Waals surface area contributed by atoms with Crippen molar-refractivity contribution in [3.8, 4) is 11.4 Å². The number of hydrogen-bond acceptors (Lipinski definition) is 6. The third kappa shape index (κ3) is 4.87. The van der Waals surface area contributed by atoms with Gasteiger partial charge in [-0.1, -0.05) is 30.3 Å². The first-order valence-corrected chi connectivity index (χ1v) is 11.7. The highest BCUT2D eigenvalue weighted by molar-refractivity contribution is 6.11. The minimum Gasteiger partial charge on any atom is -0.496 e. The number of carbonyl (C=O) groups excluding carboxylic acids is 3. The molecule has 1 fully saturated rings. The molecule has 36 heavy (non-hydrogen) atoms. The van der Waals surface area contributed by atoms with Gasteiger partial charge in [0.1, 0.15) is 5.75 Å². The summed E-state index contributed by atoms with van der Waals surface area (Å²) in [6.45, 7) is 0.718. The van der Waals surface area contributed by atoms with Crippen LogP contribution in [0.5, 0.6) is 5.75 Å². The fourth-order valence-electron chi connectivity index (χ4n) is 4.62. The van der Waals surface area contributed by atoms with Crippen molar-refractivity contribution in [3.05, 3.63) is 78.1 Å². The standard InChI is InChI=1S/C27H30N4O5/c1-29(19-20-9-11-21(12-10-20)31-14-6-13-28-31)24(32)17-27(22-7-4-5-8-23(22)36-3)18-25(33)30(26(27)34)15-16-35-2/h4-14H,15-19H2,1-3H3/t27-/m0/s1. The molecule has 0 unspecified atom stereocenters. The van der Waals surface area contributed by atoms with Gasteiger partial charge in [-0.15, -0.1) is 0 Å². The van der Waals surface area contributed by atoms with Crippen molar-refractivity contribution in [2.24, 2.45) is 0 Å². The molecule has 0 radical (unpaired) electrons. The Kier molecular flexibility index (Phi) is 7.49. The van der Waals surface area contributed by atoms with Gasteiger partial charge in [-0.3, -0.25) is 19.3 Å². The summed E-state index contributed by atoms with van der Waals surface area (Å²) in [5.41, 5.74) is 1.05. The van der Waals surface area contributed by atoms with Crippen molar-refractivity contribution in [2.45, 2.75) is 24.8 Å². The van der Waals surface area contributed by atoms with Crippen LogP contribution >= 0.6 is 0 Å². The fraction of sp³-hybridized carbons (Fsp3) is 0.333. The molecule has 1 aliphatic rings. The summed E-state index contributed by atoms with van der Waals surface area (Å²) in [4.78, 5) is 42.9. The van der Waals surface area contributed by atoms with E-state index in [4.69, 9.17) is 9.47 Å². The minimum absolute atomic E-state index is 0.103. The van der Waals surface area contributed by atoms with E-state index in [1.165, 1.54) is 19.1 Å². The number of imide groups is 1. The van der Waals surface area contributed by atoms with Crippen molar-refractivity contribution >= 4 is 17.7 Å². The SMILES string of the molecule is COCCN1C(=O)C[C@@](CC(=O)N(C)Cc2ccc(-n3cccn3)cc2)(c2ccccc2OC)C1=O. The molecule has 3 amide bonds. The lowest BCUT2D eigenvalue weighted by Gasteiger charge is -2.30. The first-order valence-electron chi connectivity index (χ1n) is 11.7. The molecule has 0 bridgehead atoms. The summed E-state index contributed by atoms with van der Waals surface area (Å²) in [5, 5.41) is 4.22. The topological polar surface area (TPSA) is 94.0 Å². The first-order chi connectivity index (χ1) is 17.4. The number of methoxy groups -OCH3 is 2. The second kappa shape index (κ2) is 10.7. The zero-order valence-electron chi connectivity index (χ0n) is 20.7. The lowest BCUT2D eigenvalue weighted by atomic mass is 9.75. The van der Waals surface area contributed by atoms with Crippen LogP contribution in [0.2, 0.25) is 0 Å². The van der Waals surface area contributed by atoms with Gasteiger partial charge in [0.15, 0.2) is 0 Å². The maximum absolute atomic E-state index is 13.7. The number of aromatic nitrogens is 2. The summed E-state index contributed by atoms with van der Waals surface area (Å²) in [5.74, 6) is -0.504. The molecule has 0 aliphatic carbocycles. The second-order valence-corrected chi connectivity index (χ2v) is 8.85. The number of rotatable bonds is 10. The molecule has 0 spiro atoms. The molecule has 2 heterocycles. The second-order valence-electron chi connectivity index (χ2n) is 8.85. The zero-order valence-corrected chi connectivity index (χ0v) is 20.7. The van der Waals surface area contributed by atoms with Crippen molar-refractivity contribution in [1.82, 2.24) is 19.6 Å². The van der Waals surface area contributed by atoms with Gasteiger partial charge in [0.25, 0.3) is 0 Å². The van der Waals surface area contributed by atoms with Gasteiger partial charge < -0.3 is 14.4 Å². The minimum atomic E-state index is -1.34. The summed E-state index contributed by atoms with van der Waals surface area (Å²) in [6, 6.07) is 16.7. The number of likely N-dealkylation sites (tertiary alicyclic amines) is 1. The maximum Gasteiger partial charge on any atom is 0.241 e. The highest BCUT2D eigenvalue weighted by Crippen LogP contribution is 2.44. The zero-order chi connectivity index (χ0) is 25.7.